The number of hydrogen-bond donors (Lipinski definition) is 3. The summed E-state index contributed by atoms with van der Waals surface area (Å²) in [6.07, 6.45) is 2.51. The predicted octanol–water partition coefficient (Wildman–Crippen LogP) is 2.86. The van der Waals surface area contributed by atoms with Crippen LogP contribution in [0.2, 0.25) is 0 Å². The maximum Gasteiger partial charge on any atom is 0.322 e. The number of methoxy groups -OCH3 is 2. The van der Waals surface area contributed by atoms with Crippen molar-refractivity contribution < 1.29 is 37.2 Å². The number of carbonyl (C=O) groups is 3. The van der Waals surface area contributed by atoms with Crippen LogP contribution in [-0.2, 0) is 14.8 Å². The van der Waals surface area contributed by atoms with Crippen LogP contribution in [0.4, 0.5) is 16.2 Å². The molecular formula is C26H32ClN5O9S. The van der Waals surface area contributed by atoms with Gasteiger partial charge in [-0.25, -0.2) is 13.2 Å². The second kappa shape index (κ2) is 13.4. The van der Waals surface area contributed by atoms with Gasteiger partial charge in [-0.05, 0) is 50.4 Å². The van der Waals surface area contributed by atoms with E-state index in [2.05, 4.69) is 20.3 Å². The SMILES string of the molecule is COc1cc(OC)c(C(=O)CCCCN2CCC3(CC2)NC(=O)NC3=O)cc1NS(=O)(=O)c1ccc([N+](=O)[O-])cc1.Cl. The maximum absolute atomic E-state index is 13.1. The highest BCUT2D eigenvalue weighted by atomic mass is 35.5. The number of rotatable bonds is 12. The quantitative estimate of drug-likeness (QED) is 0.104. The molecule has 2 fully saturated rings. The lowest BCUT2D eigenvalue weighted by atomic mass is 9.87. The molecule has 4 rings (SSSR count). The Kier molecular flexibility index (Phi) is 10.4. The number of urea groups is 1. The molecule has 0 bridgehead atoms. The number of Topliss-reactive ketones (excluding diaryl/α,β-unsaturated/α-hetero) is 1. The number of anilines is 1. The highest BCUT2D eigenvalue weighted by molar-refractivity contribution is 7.92. The van der Waals surface area contributed by atoms with Gasteiger partial charge in [-0.1, -0.05) is 0 Å². The summed E-state index contributed by atoms with van der Waals surface area (Å²) in [4.78, 5) is 49.0. The Bertz CT molecular complexity index is 1460. The number of non-ortho nitro benzene ring substituents is 1. The topological polar surface area (TPSA) is 186 Å². The summed E-state index contributed by atoms with van der Waals surface area (Å²) in [5.74, 6) is -0.180. The van der Waals surface area contributed by atoms with Crippen molar-refractivity contribution in [1.29, 1.82) is 0 Å². The molecule has 2 aromatic rings. The number of nitrogens with zero attached hydrogens (tertiary/aromatic N) is 2. The predicted molar refractivity (Wildman–Crippen MR) is 154 cm³/mol. The molecule has 1 spiro atoms. The molecule has 0 radical (unpaired) electrons. The van der Waals surface area contributed by atoms with E-state index in [1.165, 1.54) is 26.4 Å². The van der Waals surface area contributed by atoms with Crippen LogP contribution < -0.4 is 24.8 Å². The smallest absolute Gasteiger partial charge is 0.322 e. The van der Waals surface area contributed by atoms with Crippen molar-refractivity contribution in [2.75, 3.05) is 38.6 Å². The Morgan fingerprint density at radius 3 is 2.26 bits per heavy atom. The average Bonchev–Trinajstić information content (AvgIpc) is 3.23. The molecule has 14 nitrogen and oxygen atoms in total. The summed E-state index contributed by atoms with van der Waals surface area (Å²) in [7, 11) is -1.42. The van der Waals surface area contributed by atoms with Crippen molar-refractivity contribution in [2.45, 2.75) is 42.5 Å². The fraction of sp³-hybridized carbons (Fsp3) is 0.423. The molecule has 3 N–H and O–H groups in total. The normalized spacial score (nSPS) is 16.2. The van der Waals surface area contributed by atoms with Gasteiger partial charge in [0.2, 0.25) is 0 Å². The fourth-order valence-corrected chi connectivity index (χ4v) is 6.00. The van der Waals surface area contributed by atoms with Crippen LogP contribution in [0.25, 0.3) is 0 Å². The zero-order valence-electron chi connectivity index (χ0n) is 23.0. The van der Waals surface area contributed by atoms with Crippen LogP contribution >= 0.6 is 12.4 Å². The average molecular weight is 626 g/mol. The Morgan fingerprint density at radius 2 is 1.71 bits per heavy atom. The number of ketones is 1. The number of carbonyl (C=O) groups excluding carboxylic acids is 3. The van der Waals surface area contributed by atoms with Gasteiger partial charge in [-0.3, -0.25) is 29.7 Å². The molecule has 228 valence electrons. The molecule has 2 aromatic carbocycles. The number of likely N-dealkylation sites (tertiary alicyclic amines) is 1. The van der Waals surface area contributed by atoms with Crippen LogP contribution in [0.1, 0.15) is 42.5 Å². The van der Waals surface area contributed by atoms with Gasteiger partial charge in [0.15, 0.2) is 5.78 Å². The van der Waals surface area contributed by atoms with Crippen molar-refractivity contribution in [2.24, 2.45) is 0 Å². The number of nitro benzene ring substituents is 1. The molecule has 2 heterocycles. The number of sulfonamides is 1. The molecule has 2 aliphatic rings. The number of unbranched alkanes of at least 4 members (excludes halogenated alkanes) is 1. The number of piperidine rings is 1. The largest absolute Gasteiger partial charge is 0.496 e. The second-order valence-electron chi connectivity index (χ2n) is 9.82. The summed E-state index contributed by atoms with van der Waals surface area (Å²) in [6.45, 7) is 2.01. The van der Waals surface area contributed by atoms with E-state index in [4.69, 9.17) is 9.47 Å². The number of nitrogens with one attached hydrogen (secondary N) is 3. The van der Waals surface area contributed by atoms with E-state index in [0.29, 0.717) is 32.4 Å². The minimum Gasteiger partial charge on any atom is -0.496 e. The minimum atomic E-state index is -4.16. The number of amides is 3. The molecule has 16 heteroatoms. The lowest BCUT2D eigenvalue weighted by Gasteiger charge is -2.36. The molecule has 2 aliphatic heterocycles. The first-order valence-electron chi connectivity index (χ1n) is 12.9. The number of benzene rings is 2. The van der Waals surface area contributed by atoms with Gasteiger partial charge in [0.05, 0.1) is 35.3 Å². The van der Waals surface area contributed by atoms with Crippen LogP contribution in [0, 0.1) is 10.1 Å². The molecule has 3 amide bonds. The summed E-state index contributed by atoms with van der Waals surface area (Å²) < 4.78 is 39.0. The van der Waals surface area contributed by atoms with Crippen LogP contribution in [0.3, 0.4) is 0 Å². The molecule has 0 saturated carbocycles. The van der Waals surface area contributed by atoms with E-state index >= 15 is 0 Å². The van der Waals surface area contributed by atoms with Gasteiger partial charge in [0.25, 0.3) is 21.6 Å². The Hall–Kier alpha value is -3.95. The maximum atomic E-state index is 13.1. The highest BCUT2D eigenvalue weighted by Crippen LogP contribution is 2.35. The molecule has 0 unspecified atom stereocenters. The summed E-state index contributed by atoms with van der Waals surface area (Å²) in [5, 5.41) is 15.9. The van der Waals surface area contributed by atoms with Gasteiger partial charge < -0.3 is 19.7 Å². The van der Waals surface area contributed by atoms with Crippen LogP contribution in [0.5, 0.6) is 11.5 Å². The first-order chi connectivity index (χ1) is 19.5. The number of hydrogen-bond acceptors (Lipinski definition) is 10. The fourth-order valence-electron chi connectivity index (χ4n) is 4.94. The standard InChI is InChI=1S/C26H31N5O9S.ClH/c1-39-22-16-23(40-2)20(29-41(37,38)18-8-6-17(7-9-18)31(35)36)15-19(22)21(32)5-3-4-12-30-13-10-26(11-14-30)24(33)27-25(34)28-26;/h6-9,15-16,29H,3-5,10-14H2,1-2H3,(H2,27,28,33,34);1H. The van der Waals surface area contributed by atoms with E-state index in [9.17, 15) is 32.9 Å². The van der Waals surface area contributed by atoms with Gasteiger partial charge >= 0.3 is 6.03 Å². The molecular weight excluding hydrogens is 594 g/mol. The van der Waals surface area contributed by atoms with Crippen molar-refractivity contribution in [1.82, 2.24) is 15.5 Å². The zero-order valence-corrected chi connectivity index (χ0v) is 24.6. The minimum absolute atomic E-state index is 0. The van der Waals surface area contributed by atoms with Crippen molar-refractivity contribution in [3.05, 3.63) is 52.1 Å². The van der Waals surface area contributed by atoms with Crippen LogP contribution in [-0.4, -0.2) is 75.4 Å². The second-order valence-corrected chi connectivity index (χ2v) is 11.5. The summed E-state index contributed by atoms with van der Waals surface area (Å²) >= 11 is 0. The third-order valence-electron chi connectivity index (χ3n) is 7.28. The first kappa shape index (κ1) is 32.6. The third kappa shape index (κ3) is 7.09. The monoisotopic (exact) mass is 625 g/mol. The van der Waals surface area contributed by atoms with E-state index in [1.807, 2.05) is 0 Å². The molecule has 0 aliphatic carbocycles. The van der Waals surface area contributed by atoms with E-state index in [0.717, 1.165) is 37.2 Å². The van der Waals surface area contributed by atoms with E-state index in [-0.39, 0.29) is 63.9 Å². The molecule has 0 aromatic heterocycles. The van der Waals surface area contributed by atoms with Crippen molar-refractivity contribution >= 4 is 51.5 Å². The lowest BCUT2D eigenvalue weighted by Crippen LogP contribution is -2.54. The van der Waals surface area contributed by atoms with Crippen LogP contribution in [0.15, 0.2) is 41.3 Å². The lowest BCUT2D eigenvalue weighted by molar-refractivity contribution is -0.384. The number of imide groups is 1. The molecule has 42 heavy (non-hydrogen) atoms. The van der Waals surface area contributed by atoms with Gasteiger partial charge in [0, 0.05) is 37.7 Å². The number of nitro groups is 1. The van der Waals surface area contributed by atoms with Gasteiger partial charge in [-0.2, -0.15) is 0 Å². The highest BCUT2D eigenvalue weighted by Gasteiger charge is 2.47. The van der Waals surface area contributed by atoms with Gasteiger partial charge in [0.1, 0.15) is 17.0 Å². The van der Waals surface area contributed by atoms with Gasteiger partial charge in [-0.15, -0.1) is 12.4 Å². The van der Waals surface area contributed by atoms with Crippen molar-refractivity contribution in [3.8, 4) is 11.5 Å². The summed E-state index contributed by atoms with van der Waals surface area (Å²) in [6, 6.07) is 6.71. The Labute approximate surface area is 248 Å². The third-order valence-corrected chi connectivity index (χ3v) is 8.66. The first-order valence-corrected chi connectivity index (χ1v) is 14.4. The summed E-state index contributed by atoms with van der Waals surface area (Å²) in [5.41, 5.74) is -0.887. The van der Waals surface area contributed by atoms with E-state index in [1.54, 1.807) is 0 Å². The number of halogens is 1. The molecule has 0 atom stereocenters. The van der Waals surface area contributed by atoms with E-state index < -0.39 is 26.5 Å². The zero-order chi connectivity index (χ0) is 29.8. The van der Waals surface area contributed by atoms with Crippen molar-refractivity contribution in [3.63, 3.8) is 0 Å². The number of ether oxygens (including phenoxy) is 2. The Balaban J connectivity index is 0.00000484. The Morgan fingerprint density at radius 1 is 1.07 bits per heavy atom. The molecule has 2 saturated heterocycles.